The van der Waals surface area contributed by atoms with Gasteiger partial charge >= 0.3 is 0 Å². The highest BCUT2D eigenvalue weighted by molar-refractivity contribution is 5.87. The van der Waals surface area contributed by atoms with Crippen molar-refractivity contribution in [2.24, 2.45) is 5.92 Å². The fourth-order valence-corrected chi connectivity index (χ4v) is 2.99. The van der Waals surface area contributed by atoms with E-state index in [2.05, 4.69) is 69.6 Å². The number of benzene rings is 1. The van der Waals surface area contributed by atoms with Crippen LogP contribution in [0, 0.1) is 12.8 Å². The Balaban J connectivity index is 2.49. The van der Waals surface area contributed by atoms with Gasteiger partial charge in [-0.05, 0) is 56.5 Å². The van der Waals surface area contributed by atoms with Gasteiger partial charge in [-0.3, -0.25) is 0 Å². The molecule has 3 heteroatoms. The van der Waals surface area contributed by atoms with Crippen LogP contribution in [0.1, 0.15) is 52.3 Å². The maximum Gasteiger partial charge on any atom is 0.120 e. The SMILES string of the molecule is CCNCc1c(C)n(CC(C)C)c2ccc(O[C@H](C)CC)cc12. The third-order valence-electron chi connectivity index (χ3n) is 4.44. The van der Waals surface area contributed by atoms with E-state index in [-0.39, 0.29) is 6.10 Å². The molecule has 0 bridgehead atoms. The first-order valence-electron chi connectivity index (χ1n) is 8.96. The molecule has 3 nitrogen and oxygen atoms in total. The molecule has 1 atom stereocenters. The molecule has 0 aliphatic carbocycles. The molecule has 0 saturated heterocycles. The molecular formula is C20H32N2O. The van der Waals surface area contributed by atoms with E-state index >= 15 is 0 Å². The van der Waals surface area contributed by atoms with Crippen LogP contribution in [0.2, 0.25) is 0 Å². The number of ether oxygens (including phenoxy) is 1. The van der Waals surface area contributed by atoms with Crippen molar-refractivity contribution in [2.75, 3.05) is 6.54 Å². The predicted octanol–water partition coefficient (Wildman–Crippen LogP) is 4.89. The number of fused-ring (bicyclic) bond motifs is 1. The van der Waals surface area contributed by atoms with Crippen LogP contribution in [-0.2, 0) is 13.1 Å². The number of hydrogen-bond donors (Lipinski definition) is 1. The highest BCUT2D eigenvalue weighted by Crippen LogP contribution is 2.30. The van der Waals surface area contributed by atoms with Crippen LogP contribution in [0.15, 0.2) is 18.2 Å². The van der Waals surface area contributed by atoms with Gasteiger partial charge in [0.1, 0.15) is 5.75 Å². The van der Waals surface area contributed by atoms with Crippen molar-refractivity contribution in [1.29, 1.82) is 0 Å². The van der Waals surface area contributed by atoms with Gasteiger partial charge in [-0.2, -0.15) is 0 Å². The Morgan fingerprint density at radius 2 is 1.91 bits per heavy atom. The second-order valence-corrected chi connectivity index (χ2v) is 6.86. The van der Waals surface area contributed by atoms with Crippen molar-refractivity contribution in [1.82, 2.24) is 9.88 Å². The first kappa shape index (κ1) is 17.9. The fourth-order valence-electron chi connectivity index (χ4n) is 2.99. The van der Waals surface area contributed by atoms with Crippen LogP contribution in [-0.4, -0.2) is 17.2 Å². The summed E-state index contributed by atoms with van der Waals surface area (Å²) in [5.41, 5.74) is 4.09. The Hall–Kier alpha value is -1.48. The zero-order chi connectivity index (χ0) is 17.0. The topological polar surface area (TPSA) is 26.2 Å². The molecular weight excluding hydrogens is 284 g/mol. The zero-order valence-electron chi connectivity index (χ0n) is 15.6. The smallest absolute Gasteiger partial charge is 0.120 e. The Bertz CT molecular complexity index is 643. The second-order valence-electron chi connectivity index (χ2n) is 6.86. The largest absolute Gasteiger partial charge is 0.491 e. The molecule has 1 aromatic heterocycles. The van der Waals surface area contributed by atoms with Crippen LogP contribution in [0.4, 0.5) is 0 Å². The van der Waals surface area contributed by atoms with E-state index in [9.17, 15) is 0 Å². The molecule has 0 amide bonds. The lowest BCUT2D eigenvalue weighted by Gasteiger charge is -2.13. The van der Waals surface area contributed by atoms with Gasteiger partial charge in [-0.15, -0.1) is 0 Å². The maximum absolute atomic E-state index is 6.03. The quantitative estimate of drug-likeness (QED) is 0.750. The normalized spacial score (nSPS) is 13.0. The third kappa shape index (κ3) is 4.08. The van der Waals surface area contributed by atoms with Crippen molar-refractivity contribution in [3.63, 3.8) is 0 Å². The highest BCUT2D eigenvalue weighted by Gasteiger charge is 2.15. The van der Waals surface area contributed by atoms with Gasteiger partial charge in [0, 0.05) is 29.7 Å². The van der Waals surface area contributed by atoms with E-state index in [4.69, 9.17) is 4.74 Å². The number of hydrogen-bond acceptors (Lipinski definition) is 2. The summed E-state index contributed by atoms with van der Waals surface area (Å²) in [5, 5.41) is 4.81. The average molecular weight is 316 g/mol. The standard InChI is InChI=1S/C20H32N2O/c1-7-15(5)23-17-9-10-20-18(11-17)19(12-21-8-2)16(6)22(20)13-14(3)4/h9-11,14-15,21H,7-8,12-13H2,1-6H3/t15-/m1/s1. The van der Waals surface area contributed by atoms with Crippen molar-refractivity contribution in [3.05, 3.63) is 29.5 Å². The summed E-state index contributed by atoms with van der Waals surface area (Å²) in [7, 11) is 0. The Labute approximate surface area is 141 Å². The second kappa shape index (κ2) is 7.87. The van der Waals surface area contributed by atoms with E-state index < -0.39 is 0 Å². The van der Waals surface area contributed by atoms with E-state index in [0.717, 1.165) is 31.8 Å². The number of rotatable bonds is 8. The Morgan fingerprint density at radius 3 is 2.52 bits per heavy atom. The van der Waals surface area contributed by atoms with Crippen molar-refractivity contribution >= 4 is 10.9 Å². The lowest BCUT2D eigenvalue weighted by molar-refractivity contribution is 0.217. The summed E-state index contributed by atoms with van der Waals surface area (Å²) >= 11 is 0. The minimum atomic E-state index is 0.253. The van der Waals surface area contributed by atoms with E-state index in [0.29, 0.717) is 5.92 Å². The summed E-state index contributed by atoms with van der Waals surface area (Å²) in [6.07, 6.45) is 1.28. The van der Waals surface area contributed by atoms with Crippen LogP contribution < -0.4 is 10.1 Å². The van der Waals surface area contributed by atoms with Crippen LogP contribution >= 0.6 is 0 Å². The minimum Gasteiger partial charge on any atom is -0.491 e. The highest BCUT2D eigenvalue weighted by atomic mass is 16.5. The monoisotopic (exact) mass is 316 g/mol. The number of nitrogens with zero attached hydrogens (tertiary/aromatic N) is 1. The number of nitrogens with one attached hydrogen (secondary N) is 1. The summed E-state index contributed by atoms with van der Waals surface area (Å²) < 4.78 is 8.49. The molecule has 0 unspecified atom stereocenters. The van der Waals surface area contributed by atoms with Gasteiger partial charge in [-0.1, -0.05) is 27.7 Å². The minimum absolute atomic E-state index is 0.253. The van der Waals surface area contributed by atoms with Crippen LogP contribution in [0.5, 0.6) is 5.75 Å². The van der Waals surface area contributed by atoms with E-state index in [1.165, 1.54) is 22.2 Å². The van der Waals surface area contributed by atoms with Crippen molar-refractivity contribution in [2.45, 2.75) is 67.2 Å². The van der Waals surface area contributed by atoms with Gasteiger partial charge in [0.2, 0.25) is 0 Å². The Kier molecular flexibility index (Phi) is 6.11. The molecule has 1 N–H and O–H groups in total. The first-order chi connectivity index (χ1) is 11.0. The fraction of sp³-hybridized carbons (Fsp3) is 0.600. The van der Waals surface area contributed by atoms with Gasteiger partial charge < -0.3 is 14.6 Å². The first-order valence-corrected chi connectivity index (χ1v) is 8.96. The maximum atomic E-state index is 6.03. The third-order valence-corrected chi connectivity index (χ3v) is 4.44. The molecule has 0 aliphatic rings. The molecule has 0 fully saturated rings. The van der Waals surface area contributed by atoms with Gasteiger partial charge in [-0.25, -0.2) is 0 Å². The summed E-state index contributed by atoms with van der Waals surface area (Å²) in [4.78, 5) is 0. The molecule has 2 aromatic rings. The van der Waals surface area contributed by atoms with Gasteiger partial charge in [0.05, 0.1) is 6.10 Å². The summed E-state index contributed by atoms with van der Waals surface area (Å²) in [6, 6.07) is 6.55. The van der Waals surface area contributed by atoms with Crippen LogP contribution in [0.25, 0.3) is 10.9 Å². The molecule has 2 rings (SSSR count). The van der Waals surface area contributed by atoms with E-state index in [1.54, 1.807) is 0 Å². The molecule has 0 saturated carbocycles. The zero-order valence-corrected chi connectivity index (χ0v) is 15.6. The van der Waals surface area contributed by atoms with Crippen molar-refractivity contribution in [3.8, 4) is 5.75 Å². The van der Waals surface area contributed by atoms with Gasteiger partial charge in [0.25, 0.3) is 0 Å². The Morgan fingerprint density at radius 1 is 1.17 bits per heavy atom. The molecule has 0 radical (unpaired) electrons. The molecule has 1 heterocycles. The number of aromatic nitrogens is 1. The molecule has 0 aliphatic heterocycles. The molecule has 128 valence electrons. The molecule has 1 aromatic carbocycles. The van der Waals surface area contributed by atoms with Crippen LogP contribution in [0.3, 0.4) is 0 Å². The lowest BCUT2D eigenvalue weighted by Crippen LogP contribution is -2.13. The molecule has 0 spiro atoms. The molecule has 23 heavy (non-hydrogen) atoms. The average Bonchev–Trinajstić information content (AvgIpc) is 2.76. The van der Waals surface area contributed by atoms with Crippen molar-refractivity contribution < 1.29 is 4.74 Å². The van der Waals surface area contributed by atoms with Gasteiger partial charge in [0.15, 0.2) is 0 Å². The summed E-state index contributed by atoms with van der Waals surface area (Å²) in [6.45, 7) is 16.2. The lowest BCUT2D eigenvalue weighted by atomic mass is 10.1. The predicted molar refractivity (Wildman–Crippen MR) is 99.3 cm³/mol. The van der Waals surface area contributed by atoms with E-state index in [1.807, 2.05) is 0 Å². The summed E-state index contributed by atoms with van der Waals surface area (Å²) in [5.74, 6) is 1.61.